The number of thiazole rings is 1. The van der Waals surface area contributed by atoms with Gasteiger partial charge in [0, 0.05) is 25.1 Å². The Morgan fingerprint density at radius 3 is 2.73 bits per heavy atom. The standard InChI is InChI=1S/C24H26N2O3S/c1-3-29-20-10-8-17(16-21(20)28-2)9-11-23(27)26-14-12-18(13-15-26)24-25-19-6-4-5-7-22(19)30-24/h4-11,16,18H,3,12-15H2,1-2H3/b11-9+. The molecule has 6 heteroatoms. The number of piperidine rings is 1. The van der Waals surface area contributed by atoms with Gasteiger partial charge in [-0.05, 0) is 55.7 Å². The molecule has 2 heterocycles. The van der Waals surface area contributed by atoms with Gasteiger partial charge in [-0.1, -0.05) is 18.2 Å². The summed E-state index contributed by atoms with van der Waals surface area (Å²) in [6.45, 7) is 4.04. The zero-order valence-corrected chi connectivity index (χ0v) is 18.2. The van der Waals surface area contributed by atoms with Gasteiger partial charge in [-0.3, -0.25) is 4.79 Å². The van der Waals surface area contributed by atoms with E-state index in [2.05, 4.69) is 18.2 Å². The maximum Gasteiger partial charge on any atom is 0.246 e. The first-order chi connectivity index (χ1) is 14.7. The highest BCUT2D eigenvalue weighted by molar-refractivity contribution is 7.18. The van der Waals surface area contributed by atoms with Crippen molar-refractivity contribution >= 4 is 33.5 Å². The summed E-state index contributed by atoms with van der Waals surface area (Å²) in [5.41, 5.74) is 1.98. The number of fused-ring (bicyclic) bond motifs is 1. The fourth-order valence-corrected chi connectivity index (χ4v) is 4.88. The minimum absolute atomic E-state index is 0.0469. The van der Waals surface area contributed by atoms with Crippen molar-refractivity contribution in [3.8, 4) is 11.5 Å². The first-order valence-electron chi connectivity index (χ1n) is 10.3. The maximum atomic E-state index is 12.6. The third kappa shape index (κ3) is 4.49. The number of hydrogen-bond donors (Lipinski definition) is 0. The van der Waals surface area contributed by atoms with Gasteiger partial charge in [0.2, 0.25) is 5.91 Å². The van der Waals surface area contributed by atoms with Crippen LogP contribution < -0.4 is 9.47 Å². The van der Waals surface area contributed by atoms with Gasteiger partial charge in [0.1, 0.15) is 0 Å². The second kappa shape index (κ2) is 9.30. The van der Waals surface area contributed by atoms with E-state index < -0.39 is 0 Å². The van der Waals surface area contributed by atoms with Crippen molar-refractivity contribution in [1.29, 1.82) is 0 Å². The van der Waals surface area contributed by atoms with E-state index in [4.69, 9.17) is 14.5 Å². The summed E-state index contributed by atoms with van der Waals surface area (Å²) in [5.74, 6) is 1.86. The molecular weight excluding hydrogens is 396 g/mol. The number of methoxy groups -OCH3 is 1. The summed E-state index contributed by atoms with van der Waals surface area (Å²) in [5, 5.41) is 1.19. The van der Waals surface area contributed by atoms with Gasteiger partial charge < -0.3 is 14.4 Å². The minimum Gasteiger partial charge on any atom is -0.493 e. The molecule has 0 unspecified atom stereocenters. The Balaban J connectivity index is 1.36. The smallest absolute Gasteiger partial charge is 0.246 e. The highest BCUT2D eigenvalue weighted by Crippen LogP contribution is 2.34. The second-order valence-electron chi connectivity index (χ2n) is 7.30. The summed E-state index contributed by atoms with van der Waals surface area (Å²) in [4.78, 5) is 19.4. The van der Waals surface area contributed by atoms with E-state index in [9.17, 15) is 4.79 Å². The van der Waals surface area contributed by atoms with Crippen LogP contribution in [0, 0.1) is 0 Å². The lowest BCUT2D eigenvalue weighted by Crippen LogP contribution is -2.36. The predicted molar refractivity (Wildman–Crippen MR) is 121 cm³/mol. The third-order valence-electron chi connectivity index (χ3n) is 5.37. The van der Waals surface area contributed by atoms with Gasteiger partial charge in [0.05, 0.1) is 28.9 Å². The number of carbonyl (C=O) groups excluding carboxylic acids is 1. The van der Waals surface area contributed by atoms with Gasteiger partial charge in [-0.2, -0.15) is 0 Å². The van der Waals surface area contributed by atoms with Crippen LogP contribution in [0.3, 0.4) is 0 Å². The van der Waals surface area contributed by atoms with Crippen LogP contribution in [-0.2, 0) is 4.79 Å². The fraction of sp³-hybridized carbons (Fsp3) is 0.333. The van der Waals surface area contributed by atoms with Crippen molar-refractivity contribution in [2.24, 2.45) is 0 Å². The maximum absolute atomic E-state index is 12.6. The van der Waals surface area contributed by atoms with Gasteiger partial charge in [0.15, 0.2) is 11.5 Å². The molecule has 3 aromatic rings. The number of nitrogens with zero attached hydrogens (tertiary/aromatic N) is 2. The lowest BCUT2D eigenvalue weighted by Gasteiger charge is -2.30. The van der Waals surface area contributed by atoms with Crippen LogP contribution >= 0.6 is 11.3 Å². The molecule has 1 fully saturated rings. The number of rotatable bonds is 6. The first kappa shape index (κ1) is 20.4. The van der Waals surface area contributed by atoms with Crippen LogP contribution in [0.1, 0.15) is 36.3 Å². The Kier molecular flexibility index (Phi) is 6.33. The van der Waals surface area contributed by atoms with Crippen LogP contribution in [-0.4, -0.2) is 42.6 Å². The molecule has 0 spiro atoms. The topological polar surface area (TPSA) is 51.7 Å². The van der Waals surface area contributed by atoms with E-state index >= 15 is 0 Å². The Hall–Kier alpha value is -2.86. The van der Waals surface area contributed by atoms with Crippen molar-refractivity contribution in [3.05, 3.63) is 59.1 Å². The summed E-state index contributed by atoms with van der Waals surface area (Å²) in [7, 11) is 1.62. The van der Waals surface area contributed by atoms with Crippen molar-refractivity contribution in [2.45, 2.75) is 25.7 Å². The molecule has 1 amide bonds. The second-order valence-corrected chi connectivity index (χ2v) is 8.36. The molecule has 0 atom stereocenters. The highest BCUT2D eigenvalue weighted by Gasteiger charge is 2.25. The summed E-state index contributed by atoms with van der Waals surface area (Å²) >= 11 is 1.78. The number of amides is 1. The number of aromatic nitrogens is 1. The molecular formula is C24H26N2O3S. The highest BCUT2D eigenvalue weighted by atomic mass is 32.1. The van der Waals surface area contributed by atoms with E-state index in [0.717, 1.165) is 37.0 Å². The molecule has 1 aliphatic rings. The average molecular weight is 423 g/mol. The lowest BCUT2D eigenvalue weighted by molar-refractivity contribution is -0.126. The van der Waals surface area contributed by atoms with E-state index in [0.29, 0.717) is 24.0 Å². The van der Waals surface area contributed by atoms with Crippen LogP contribution in [0.25, 0.3) is 16.3 Å². The van der Waals surface area contributed by atoms with Crippen LogP contribution in [0.4, 0.5) is 0 Å². The number of benzene rings is 2. The molecule has 0 aliphatic carbocycles. The molecule has 156 valence electrons. The van der Waals surface area contributed by atoms with Crippen LogP contribution in [0.2, 0.25) is 0 Å². The molecule has 1 aliphatic heterocycles. The Labute approximate surface area is 180 Å². The normalized spacial score (nSPS) is 15.1. The largest absolute Gasteiger partial charge is 0.493 e. The summed E-state index contributed by atoms with van der Waals surface area (Å²) in [6.07, 6.45) is 5.39. The Morgan fingerprint density at radius 1 is 1.20 bits per heavy atom. The molecule has 0 radical (unpaired) electrons. The molecule has 0 N–H and O–H groups in total. The SMILES string of the molecule is CCOc1ccc(/C=C/C(=O)N2CCC(c3nc4ccccc4s3)CC2)cc1OC. The van der Waals surface area contributed by atoms with Gasteiger partial charge in [-0.15, -0.1) is 11.3 Å². The number of likely N-dealkylation sites (tertiary alicyclic amines) is 1. The Bertz CT molecular complexity index is 1020. The van der Waals surface area contributed by atoms with E-state index in [-0.39, 0.29) is 5.91 Å². The fourth-order valence-electron chi connectivity index (χ4n) is 3.75. The molecule has 0 saturated carbocycles. The van der Waals surface area contributed by atoms with Crippen molar-refractivity contribution < 1.29 is 14.3 Å². The average Bonchev–Trinajstić information content (AvgIpc) is 3.23. The number of ether oxygens (including phenoxy) is 2. The zero-order valence-electron chi connectivity index (χ0n) is 17.3. The zero-order chi connectivity index (χ0) is 20.9. The quantitative estimate of drug-likeness (QED) is 0.517. The van der Waals surface area contributed by atoms with Crippen molar-refractivity contribution in [3.63, 3.8) is 0 Å². The number of carbonyl (C=O) groups is 1. The Morgan fingerprint density at radius 2 is 2.00 bits per heavy atom. The molecule has 2 aromatic carbocycles. The first-order valence-corrected chi connectivity index (χ1v) is 11.1. The summed E-state index contributed by atoms with van der Waals surface area (Å²) < 4.78 is 12.2. The van der Waals surface area contributed by atoms with Gasteiger partial charge >= 0.3 is 0 Å². The minimum atomic E-state index is 0.0469. The summed E-state index contributed by atoms with van der Waals surface area (Å²) in [6, 6.07) is 13.9. The molecule has 0 bridgehead atoms. The van der Waals surface area contributed by atoms with Crippen molar-refractivity contribution in [2.75, 3.05) is 26.8 Å². The van der Waals surface area contributed by atoms with Crippen LogP contribution in [0.15, 0.2) is 48.5 Å². The monoisotopic (exact) mass is 422 g/mol. The van der Waals surface area contributed by atoms with Crippen LogP contribution in [0.5, 0.6) is 11.5 Å². The van der Waals surface area contributed by atoms with Gasteiger partial charge in [-0.25, -0.2) is 4.98 Å². The molecule has 30 heavy (non-hydrogen) atoms. The van der Waals surface area contributed by atoms with E-state index in [1.165, 1.54) is 9.71 Å². The molecule has 5 nitrogen and oxygen atoms in total. The third-order valence-corrected chi connectivity index (χ3v) is 6.57. The van der Waals surface area contributed by atoms with Gasteiger partial charge in [0.25, 0.3) is 0 Å². The molecule has 1 aromatic heterocycles. The van der Waals surface area contributed by atoms with Crippen molar-refractivity contribution in [1.82, 2.24) is 9.88 Å². The number of hydrogen-bond acceptors (Lipinski definition) is 5. The lowest BCUT2D eigenvalue weighted by atomic mass is 9.97. The van der Waals surface area contributed by atoms with E-state index in [1.54, 1.807) is 24.5 Å². The molecule has 1 saturated heterocycles. The predicted octanol–water partition coefficient (Wildman–Crippen LogP) is 5.12. The number of para-hydroxylation sites is 1. The molecule has 4 rings (SSSR count). The van der Waals surface area contributed by atoms with E-state index in [1.807, 2.05) is 42.2 Å².